The Labute approximate surface area is 139 Å². The van der Waals surface area contributed by atoms with Gasteiger partial charge in [-0.3, -0.25) is 9.59 Å². The third kappa shape index (κ3) is 4.57. The molecular formula is C19H28N2O2. The fourth-order valence-corrected chi connectivity index (χ4v) is 2.91. The first kappa shape index (κ1) is 17.5. The van der Waals surface area contributed by atoms with E-state index in [1.165, 1.54) is 5.56 Å². The number of benzene rings is 1. The van der Waals surface area contributed by atoms with Crippen LogP contribution in [0.25, 0.3) is 0 Å². The SMILES string of the molecule is CCCCC(=O)N1CCCN(C(=O)c2ccc(C)c(C)c2)CC1. The highest BCUT2D eigenvalue weighted by Crippen LogP contribution is 2.14. The molecule has 2 amide bonds. The molecule has 23 heavy (non-hydrogen) atoms. The van der Waals surface area contributed by atoms with Gasteiger partial charge in [0.2, 0.25) is 5.91 Å². The van der Waals surface area contributed by atoms with Gasteiger partial charge in [-0.05, 0) is 49.9 Å². The Balaban J connectivity index is 1.98. The lowest BCUT2D eigenvalue weighted by molar-refractivity contribution is -0.131. The van der Waals surface area contributed by atoms with E-state index in [-0.39, 0.29) is 11.8 Å². The van der Waals surface area contributed by atoms with E-state index < -0.39 is 0 Å². The van der Waals surface area contributed by atoms with E-state index in [4.69, 9.17) is 0 Å². The van der Waals surface area contributed by atoms with E-state index in [2.05, 4.69) is 13.8 Å². The normalized spacial score (nSPS) is 15.4. The number of carbonyl (C=O) groups is 2. The van der Waals surface area contributed by atoms with Crippen molar-refractivity contribution in [2.45, 2.75) is 46.5 Å². The van der Waals surface area contributed by atoms with Gasteiger partial charge in [0, 0.05) is 38.2 Å². The minimum absolute atomic E-state index is 0.0796. The molecule has 0 unspecified atom stereocenters. The number of hydrogen-bond donors (Lipinski definition) is 0. The van der Waals surface area contributed by atoms with E-state index in [0.29, 0.717) is 19.5 Å². The molecule has 0 radical (unpaired) electrons. The predicted molar refractivity (Wildman–Crippen MR) is 92.5 cm³/mol. The molecule has 126 valence electrons. The van der Waals surface area contributed by atoms with Crippen molar-refractivity contribution in [3.8, 4) is 0 Å². The van der Waals surface area contributed by atoms with Gasteiger partial charge in [-0.1, -0.05) is 19.4 Å². The molecule has 1 fully saturated rings. The monoisotopic (exact) mass is 316 g/mol. The van der Waals surface area contributed by atoms with Gasteiger partial charge in [-0.25, -0.2) is 0 Å². The second-order valence-electron chi connectivity index (χ2n) is 6.43. The number of nitrogens with zero attached hydrogens (tertiary/aromatic N) is 2. The van der Waals surface area contributed by atoms with Gasteiger partial charge in [0.1, 0.15) is 0 Å². The predicted octanol–water partition coefficient (Wildman–Crippen LogP) is 3.17. The van der Waals surface area contributed by atoms with Crippen LogP contribution in [-0.2, 0) is 4.79 Å². The number of unbranched alkanes of at least 4 members (excludes halogenated alkanes) is 1. The first-order chi connectivity index (χ1) is 11.0. The van der Waals surface area contributed by atoms with Crippen molar-refractivity contribution in [2.75, 3.05) is 26.2 Å². The number of rotatable bonds is 4. The number of carbonyl (C=O) groups excluding carboxylic acids is 2. The topological polar surface area (TPSA) is 40.6 Å². The highest BCUT2D eigenvalue weighted by molar-refractivity contribution is 5.94. The van der Waals surface area contributed by atoms with Gasteiger partial charge >= 0.3 is 0 Å². The van der Waals surface area contributed by atoms with Gasteiger partial charge in [0.05, 0.1) is 0 Å². The first-order valence-electron chi connectivity index (χ1n) is 8.67. The van der Waals surface area contributed by atoms with E-state index in [0.717, 1.165) is 43.5 Å². The Bertz CT molecular complexity index is 568. The highest BCUT2D eigenvalue weighted by Gasteiger charge is 2.22. The van der Waals surface area contributed by atoms with E-state index in [9.17, 15) is 9.59 Å². The maximum atomic E-state index is 12.7. The third-order valence-corrected chi connectivity index (χ3v) is 4.63. The smallest absolute Gasteiger partial charge is 0.253 e. The molecular weight excluding hydrogens is 288 g/mol. The van der Waals surface area contributed by atoms with Crippen LogP contribution in [0.3, 0.4) is 0 Å². The third-order valence-electron chi connectivity index (χ3n) is 4.63. The van der Waals surface area contributed by atoms with Crippen LogP contribution in [0, 0.1) is 13.8 Å². The molecule has 1 aliphatic heterocycles. The molecule has 0 saturated carbocycles. The molecule has 0 bridgehead atoms. The quantitative estimate of drug-likeness (QED) is 0.856. The molecule has 0 atom stereocenters. The van der Waals surface area contributed by atoms with Gasteiger partial charge in [0.25, 0.3) is 5.91 Å². The molecule has 4 heteroatoms. The summed E-state index contributed by atoms with van der Waals surface area (Å²) in [6.45, 7) is 8.95. The Morgan fingerprint density at radius 2 is 1.70 bits per heavy atom. The van der Waals surface area contributed by atoms with Crippen molar-refractivity contribution in [1.29, 1.82) is 0 Å². The van der Waals surface area contributed by atoms with Gasteiger partial charge in [0.15, 0.2) is 0 Å². The molecule has 0 N–H and O–H groups in total. The summed E-state index contributed by atoms with van der Waals surface area (Å²) in [6.07, 6.45) is 3.47. The van der Waals surface area contributed by atoms with Crippen molar-refractivity contribution < 1.29 is 9.59 Å². The molecule has 0 aromatic heterocycles. The Kier molecular flexibility index (Phi) is 6.20. The molecule has 1 heterocycles. The van der Waals surface area contributed by atoms with Gasteiger partial charge in [-0.15, -0.1) is 0 Å². The van der Waals surface area contributed by atoms with Crippen LogP contribution in [0.1, 0.15) is 54.1 Å². The standard InChI is InChI=1S/C19H28N2O2/c1-4-5-7-18(22)20-10-6-11-21(13-12-20)19(23)17-9-8-15(2)16(3)14-17/h8-9,14H,4-7,10-13H2,1-3H3. The lowest BCUT2D eigenvalue weighted by Crippen LogP contribution is -2.37. The average Bonchev–Trinajstić information content (AvgIpc) is 2.80. The molecule has 2 rings (SSSR count). The minimum atomic E-state index is 0.0796. The molecule has 1 saturated heterocycles. The lowest BCUT2D eigenvalue weighted by atomic mass is 10.1. The van der Waals surface area contributed by atoms with Crippen LogP contribution < -0.4 is 0 Å². The summed E-state index contributed by atoms with van der Waals surface area (Å²) in [5.41, 5.74) is 3.09. The fraction of sp³-hybridized carbons (Fsp3) is 0.579. The van der Waals surface area contributed by atoms with Crippen LogP contribution in [0.5, 0.6) is 0 Å². The van der Waals surface area contributed by atoms with E-state index in [1.807, 2.05) is 34.9 Å². The summed E-state index contributed by atoms with van der Waals surface area (Å²) in [4.78, 5) is 28.7. The van der Waals surface area contributed by atoms with Gasteiger partial charge < -0.3 is 9.80 Å². The van der Waals surface area contributed by atoms with Crippen LogP contribution in [0.15, 0.2) is 18.2 Å². The van der Waals surface area contributed by atoms with Crippen molar-refractivity contribution in [1.82, 2.24) is 9.80 Å². The lowest BCUT2D eigenvalue weighted by Gasteiger charge is -2.22. The van der Waals surface area contributed by atoms with Crippen molar-refractivity contribution in [3.63, 3.8) is 0 Å². The van der Waals surface area contributed by atoms with Gasteiger partial charge in [-0.2, -0.15) is 0 Å². The molecule has 4 nitrogen and oxygen atoms in total. The maximum Gasteiger partial charge on any atom is 0.253 e. The second kappa shape index (κ2) is 8.14. The van der Waals surface area contributed by atoms with E-state index >= 15 is 0 Å². The summed E-state index contributed by atoms with van der Waals surface area (Å²) < 4.78 is 0. The zero-order valence-corrected chi connectivity index (χ0v) is 14.6. The van der Waals surface area contributed by atoms with Crippen LogP contribution >= 0.6 is 0 Å². The van der Waals surface area contributed by atoms with Crippen LogP contribution in [0.4, 0.5) is 0 Å². The maximum absolute atomic E-state index is 12.7. The largest absolute Gasteiger partial charge is 0.341 e. The molecule has 1 aromatic rings. The summed E-state index contributed by atoms with van der Waals surface area (Å²) >= 11 is 0. The van der Waals surface area contributed by atoms with Crippen molar-refractivity contribution in [3.05, 3.63) is 34.9 Å². The van der Waals surface area contributed by atoms with Crippen LogP contribution in [-0.4, -0.2) is 47.8 Å². The number of hydrogen-bond acceptors (Lipinski definition) is 2. The summed E-state index contributed by atoms with van der Waals surface area (Å²) in [5, 5.41) is 0. The Morgan fingerprint density at radius 1 is 1.00 bits per heavy atom. The molecule has 1 aliphatic rings. The molecule has 0 spiro atoms. The number of aryl methyl sites for hydroxylation is 2. The summed E-state index contributed by atoms with van der Waals surface area (Å²) in [5.74, 6) is 0.309. The summed E-state index contributed by atoms with van der Waals surface area (Å²) in [7, 11) is 0. The zero-order valence-electron chi connectivity index (χ0n) is 14.6. The average molecular weight is 316 g/mol. The fourth-order valence-electron chi connectivity index (χ4n) is 2.91. The Morgan fingerprint density at radius 3 is 2.39 bits per heavy atom. The zero-order chi connectivity index (χ0) is 16.8. The molecule has 0 aliphatic carbocycles. The Hall–Kier alpha value is -1.84. The number of amides is 2. The van der Waals surface area contributed by atoms with Crippen molar-refractivity contribution in [2.24, 2.45) is 0 Å². The van der Waals surface area contributed by atoms with Crippen LogP contribution in [0.2, 0.25) is 0 Å². The molecule has 1 aromatic carbocycles. The summed E-state index contributed by atoms with van der Waals surface area (Å²) in [6, 6.07) is 5.87. The minimum Gasteiger partial charge on any atom is -0.341 e. The first-order valence-corrected chi connectivity index (χ1v) is 8.67. The highest BCUT2D eigenvalue weighted by atomic mass is 16.2. The van der Waals surface area contributed by atoms with Crippen molar-refractivity contribution >= 4 is 11.8 Å². The van der Waals surface area contributed by atoms with E-state index in [1.54, 1.807) is 0 Å². The second-order valence-corrected chi connectivity index (χ2v) is 6.43.